The molecule has 0 spiro atoms. The van der Waals surface area contributed by atoms with Crippen molar-refractivity contribution in [2.75, 3.05) is 29.9 Å². The average Bonchev–Trinajstić information content (AvgIpc) is 3.50. The van der Waals surface area contributed by atoms with Crippen molar-refractivity contribution in [3.05, 3.63) is 58.5 Å². The Morgan fingerprint density at radius 2 is 1.85 bits per heavy atom. The van der Waals surface area contributed by atoms with Crippen LogP contribution in [-0.2, 0) is 13.0 Å². The van der Waals surface area contributed by atoms with Gasteiger partial charge < -0.3 is 10.2 Å². The van der Waals surface area contributed by atoms with Gasteiger partial charge in [0.1, 0.15) is 6.33 Å². The van der Waals surface area contributed by atoms with Crippen molar-refractivity contribution in [1.29, 1.82) is 0 Å². The standard InChI is InChI=1S/C26H33N7S/c1-18(2)32(19(3)4)13-11-27-24-23-25(33(17-28-23)22-10-14-34-16-22)30-26(29-24)31-12-9-20-7-5-6-8-21(20)15-31/h5-8,10,14,16-19H,9,11-13,15H2,1-4H3,(H,27,29,30). The summed E-state index contributed by atoms with van der Waals surface area (Å²) < 4.78 is 2.06. The van der Waals surface area contributed by atoms with Gasteiger partial charge in [0.15, 0.2) is 17.0 Å². The predicted molar refractivity (Wildman–Crippen MR) is 141 cm³/mol. The van der Waals surface area contributed by atoms with Crippen LogP contribution >= 0.6 is 11.3 Å². The molecule has 4 heterocycles. The van der Waals surface area contributed by atoms with E-state index in [0.717, 1.165) is 61.2 Å². The van der Waals surface area contributed by atoms with Gasteiger partial charge in [0, 0.05) is 43.6 Å². The number of aromatic nitrogens is 4. The van der Waals surface area contributed by atoms with Gasteiger partial charge in [-0.05, 0) is 56.7 Å². The molecule has 5 rings (SSSR count). The van der Waals surface area contributed by atoms with E-state index >= 15 is 0 Å². The molecule has 4 aromatic rings. The van der Waals surface area contributed by atoms with Crippen LogP contribution in [0, 0.1) is 0 Å². The molecular weight excluding hydrogens is 442 g/mol. The fourth-order valence-electron chi connectivity index (χ4n) is 4.82. The summed E-state index contributed by atoms with van der Waals surface area (Å²) in [5, 5.41) is 7.79. The smallest absolute Gasteiger partial charge is 0.229 e. The van der Waals surface area contributed by atoms with Gasteiger partial charge in [-0.3, -0.25) is 9.47 Å². The lowest BCUT2D eigenvalue weighted by Gasteiger charge is -2.31. The fourth-order valence-corrected chi connectivity index (χ4v) is 5.45. The number of fused-ring (bicyclic) bond motifs is 2. The highest BCUT2D eigenvalue weighted by molar-refractivity contribution is 7.08. The number of nitrogens with one attached hydrogen (secondary N) is 1. The van der Waals surface area contributed by atoms with Crippen LogP contribution in [0.4, 0.5) is 11.8 Å². The number of anilines is 2. The molecule has 0 saturated carbocycles. The number of hydrogen-bond donors (Lipinski definition) is 1. The number of rotatable bonds is 8. The monoisotopic (exact) mass is 475 g/mol. The second-order valence-electron chi connectivity index (χ2n) is 9.43. The molecule has 0 aliphatic carbocycles. The van der Waals surface area contributed by atoms with Crippen molar-refractivity contribution in [2.24, 2.45) is 0 Å². The molecule has 0 radical (unpaired) electrons. The summed E-state index contributed by atoms with van der Waals surface area (Å²) in [5.74, 6) is 1.56. The van der Waals surface area contributed by atoms with Crippen LogP contribution < -0.4 is 10.2 Å². The third-order valence-corrected chi connectivity index (χ3v) is 7.24. The van der Waals surface area contributed by atoms with Gasteiger partial charge in [0.2, 0.25) is 5.95 Å². The third-order valence-electron chi connectivity index (χ3n) is 6.57. The van der Waals surface area contributed by atoms with Crippen LogP contribution in [0.2, 0.25) is 0 Å². The molecule has 7 nitrogen and oxygen atoms in total. The first kappa shape index (κ1) is 22.8. The van der Waals surface area contributed by atoms with Gasteiger partial charge in [-0.1, -0.05) is 24.3 Å². The molecule has 1 aliphatic heterocycles. The van der Waals surface area contributed by atoms with E-state index in [0.29, 0.717) is 12.1 Å². The first-order chi connectivity index (χ1) is 16.5. The summed E-state index contributed by atoms with van der Waals surface area (Å²) in [7, 11) is 0. The zero-order valence-corrected chi connectivity index (χ0v) is 21.2. The Hall–Kier alpha value is -2.97. The Kier molecular flexibility index (Phi) is 6.52. The topological polar surface area (TPSA) is 62.1 Å². The van der Waals surface area contributed by atoms with Gasteiger partial charge in [-0.15, -0.1) is 0 Å². The molecule has 0 amide bonds. The molecule has 8 heteroatoms. The van der Waals surface area contributed by atoms with Crippen LogP contribution in [0.5, 0.6) is 0 Å². The van der Waals surface area contributed by atoms with Crippen LogP contribution in [0.3, 0.4) is 0 Å². The summed E-state index contributed by atoms with van der Waals surface area (Å²) >= 11 is 1.67. The Morgan fingerprint density at radius 1 is 1.06 bits per heavy atom. The number of thiophene rings is 1. The van der Waals surface area contributed by atoms with Crippen molar-refractivity contribution in [1.82, 2.24) is 24.4 Å². The lowest BCUT2D eigenvalue weighted by Crippen LogP contribution is -2.40. The summed E-state index contributed by atoms with van der Waals surface area (Å²) in [5.41, 5.74) is 5.51. The van der Waals surface area contributed by atoms with E-state index in [9.17, 15) is 0 Å². The van der Waals surface area contributed by atoms with Gasteiger partial charge >= 0.3 is 0 Å². The van der Waals surface area contributed by atoms with Gasteiger partial charge in [0.05, 0.1) is 5.69 Å². The minimum atomic E-state index is 0.494. The number of imidazole rings is 1. The van der Waals surface area contributed by atoms with E-state index in [1.54, 1.807) is 11.3 Å². The minimum absolute atomic E-state index is 0.494. The highest BCUT2D eigenvalue weighted by Gasteiger charge is 2.22. The Morgan fingerprint density at radius 3 is 2.59 bits per heavy atom. The summed E-state index contributed by atoms with van der Waals surface area (Å²) in [4.78, 5) is 19.5. The average molecular weight is 476 g/mol. The van der Waals surface area contributed by atoms with E-state index in [1.807, 2.05) is 6.33 Å². The van der Waals surface area contributed by atoms with Crippen LogP contribution in [-0.4, -0.2) is 56.1 Å². The maximum atomic E-state index is 5.02. The Labute approximate surface area is 205 Å². The SMILES string of the molecule is CC(C)N(CCNc1nc(N2CCc3ccccc3C2)nc2c1ncn2-c1ccsc1)C(C)C. The Bertz CT molecular complexity index is 1240. The molecule has 0 bridgehead atoms. The molecular formula is C26H33N7S. The number of nitrogens with zero attached hydrogens (tertiary/aromatic N) is 6. The molecule has 1 aromatic carbocycles. The molecule has 0 fully saturated rings. The van der Waals surface area contributed by atoms with E-state index in [1.165, 1.54) is 11.1 Å². The van der Waals surface area contributed by atoms with Crippen molar-refractivity contribution in [3.63, 3.8) is 0 Å². The lowest BCUT2D eigenvalue weighted by molar-refractivity contribution is 0.182. The van der Waals surface area contributed by atoms with E-state index in [-0.39, 0.29) is 0 Å². The van der Waals surface area contributed by atoms with Crippen molar-refractivity contribution in [2.45, 2.75) is 52.7 Å². The highest BCUT2D eigenvalue weighted by atomic mass is 32.1. The second-order valence-corrected chi connectivity index (χ2v) is 10.2. The third kappa shape index (κ3) is 4.52. The van der Waals surface area contributed by atoms with Crippen LogP contribution in [0.1, 0.15) is 38.8 Å². The zero-order chi connectivity index (χ0) is 23.7. The quantitative estimate of drug-likeness (QED) is 0.388. The molecule has 3 aromatic heterocycles. The van der Waals surface area contributed by atoms with Crippen LogP contribution in [0.25, 0.3) is 16.9 Å². The van der Waals surface area contributed by atoms with Gasteiger partial charge in [-0.25, -0.2) is 4.98 Å². The molecule has 1 N–H and O–H groups in total. The first-order valence-corrected chi connectivity index (χ1v) is 13.0. The van der Waals surface area contributed by atoms with Gasteiger partial charge in [-0.2, -0.15) is 21.3 Å². The van der Waals surface area contributed by atoms with Crippen molar-refractivity contribution >= 4 is 34.3 Å². The van der Waals surface area contributed by atoms with Crippen molar-refractivity contribution < 1.29 is 0 Å². The van der Waals surface area contributed by atoms with E-state index in [4.69, 9.17) is 15.0 Å². The van der Waals surface area contributed by atoms with Crippen LogP contribution in [0.15, 0.2) is 47.4 Å². The first-order valence-electron chi connectivity index (χ1n) is 12.1. The van der Waals surface area contributed by atoms with E-state index < -0.39 is 0 Å². The summed E-state index contributed by atoms with van der Waals surface area (Å²) in [6, 6.07) is 11.8. The molecule has 178 valence electrons. The molecule has 34 heavy (non-hydrogen) atoms. The minimum Gasteiger partial charge on any atom is -0.367 e. The van der Waals surface area contributed by atoms with Crippen molar-refractivity contribution in [3.8, 4) is 5.69 Å². The maximum absolute atomic E-state index is 5.02. The molecule has 0 unspecified atom stereocenters. The molecule has 1 aliphatic rings. The summed E-state index contributed by atoms with van der Waals surface area (Å²) in [6.45, 7) is 12.5. The Balaban J connectivity index is 1.48. The lowest BCUT2D eigenvalue weighted by atomic mass is 10.0. The number of benzene rings is 1. The normalized spacial score (nSPS) is 13.9. The molecule has 0 atom stereocenters. The largest absolute Gasteiger partial charge is 0.367 e. The molecule has 0 saturated heterocycles. The zero-order valence-electron chi connectivity index (χ0n) is 20.4. The highest BCUT2D eigenvalue weighted by Crippen LogP contribution is 2.28. The van der Waals surface area contributed by atoms with Gasteiger partial charge in [0.25, 0.3) is 0 Å². The maximum Gasteiger partial charge on any atom is 0.229 e. The summed E-state index contributed by atoms with van der Waals surface area (Å²) in [6.07, 6.45) is 2.86. The van der Waals surface area contributed by atoms with E-state index in [2.05, 4.69) is 88.5 Å². The second kappa shape index (κ2) is 9.72. The fraction of sp³-hybridized carbons (Fsp3) is 0.423. The number of hydrogen-bond acceptors (Lipinski definition) is 7. The predicted octanol–water partition coefficient (Wildman–Crippen LogP) is 4.97.